The van der Waals surface area contributed by atoms with Gasteiger partial charge in [0, 0.05) is 64.3 Å². The van der Waals surface area contributed by atoms with Crippen LogP contribution in [0.15, 0.2) is 0 Å². The molecule has 0 heterocycles. The van der Waals surface area contributed by atoms with E-state index in [0.717, 1.165) is 0 Å². The van der Waals surface area contributed by atoms with E-state index in [1.165, 1.54) is 0 Å². The van der Waals surface area contributed by atoms with Crippen LogP contribution in [0, 0.1) is 7.43 Å². The van der Waals surface area contributed by atoms with Crippen molar-refractivity contribution in [1.82, 2.24) is 0 Å². The first-order valence-electron chi connectivity index (χ1n) is 0. The summed E-state index contributed by atoms with van der Waals surface area (Å²) in [4.78, 5) is 0. The van der Waals surface area contributed by atoms with E-state index in [1.54, 1.807) is 0 Å². The molecule has 0 aliphatic carbocycles. The van der Waals surface area contributed by atoms with Crippen LogP contribution in [0.1, 0.15) is 0 Å². The number of rotatable bonds is 0. The van der Waals surface area contributed by atoms with Gasteiger partial charge in [-0.2, -0.15) is 0 Å². The van der Waals surface area contributed by atoms with Gasteiger partial charge in [-0.3, -0.25) is 0 Å². The zero-order chi connectivity index (χ0) is 0. The monoisotopic (exact) mass is 352 g/mol. The van der Waals surface area contributed by atoms with E-state index in [9.17, 15) is 0 Å². The van der Waals surface area contributed by atoms with Gasteiger partial charge in [0.05, 0.1) is 0 Å². The van der Waals surface area contributed by atoms with Crippen molar-refractivity contribution in [2.24, 2.45) is 0 Å². The molecule has 0 saturated carbocycles. The second-order valence-electron chi connectivity index (χ2n) is 0. The summed E-state index contributed by atoms with van der Waals surface area (Å²) in [5.41, 5.74) is 0. The Hall–Kier alpha value is 2.09. The predicted octanol–water partition coefficient (Wildman–Crippen LogP) is 0.443. The van der Waals surface area contributed by atoms with Gasteiger partial charge >= 0.3 is 0 Å². The van der Waals surface area contributed by atoms with Gasteiger partial charge in [-0.05, 0) is 0 Å². The normalized spacial score (nSPS) is 0. The smallest absolute Gasteiger partial charge is 0 e. The van der Waals surface area contributed by atoms with Gasteiger partial charge in [-0.25, -0.2) is 0 Å². The molecule has 0 aliphatic heterocycles. The van der Waals surface area contributed by atoms with Crippen LogP contribution >= 0.6 is 0 Å². The van der Waals surface area contributed by atoms with Gasteiger partial charge < -0.3 is 7.43 Å². The minimum atomic E-state index is 0. The fraction of sp³-hybridized carbons (Fsp3) is 0. The van der Waals surface area contributed by atoms with Crippen molar-refractivity contribution in [3.63, 3.8) is 0 Å². The minimum Gasteiger partial charge on any atom is -0.358 e. The minimum absolute atomic E-state index is 0. The average molecular weight is 354 g/mol. The van der Waals surface area contributed by atoms with Crippen LogP contribution in [-0.4, -0.2) is 0 Å². The fourth-order valence-electron chi connectivity index (χ4n) is 0. The molecule has 4 heavy (non-hydrogen) atoms. The molecule has 0 aromatic heterocycles. The third kappa shape index (κ3) is 8.94. The van der Waals surface area contributed by atoms with Crippen molar-refractivity contribution in [3.05, 3.63) is 7.43 Å². The first-order valence-corrected chi connectivity index (χ1v) is 0. The molecule has 3 heteroatoms. The van der Waals surface area contributed by atoms with Gasteiger partial charge in [0.2, 0.25) is 0 Å². The van der Waals surface area contributed by atoms with E-state index in [-0.39, 0.29) is 71.8 Å². The molecule has 0 atom stereocenters. The van der Waals surface area contributed by atoms with Gasteiger partial charge in [-0.1, -0.05) is 0 Å². The second kappa shape index (κ2) is 19.5. The molecule has 29 valence electrons. The fourth-order valence-corrected chi connectivity index (χ4v) is 0. The molecular weight excluding hydrogens is 351 g/mol. The summed E-state index contributed by atoms with van der Waals surface area (Å²) in [5, 5.41) is 0. The maximum Gasteiger partial charge on any atom is 0 e. The predicted molar refractivity (Wildman–Crippen MR) is 6.41 cm³/mol. The second-order valence-corrected chi connectivity index (χ2v) is 0. The van der Waals surface area contributed by atoms with Gasteiger partial charge in [-0.15, -0.1) is 0 Å². The van der Waals surface area contributed by atoms with E-state index < -0.39 is 0 Å². The molecule has 1 radical (unpaired) electrons. The van der Waals surface area contributed by atoms with Gasteiger partial charge in [0.15, 0.2) is 0 Å². The van der Waals surface area contributed by atoms with Crippen molar-refractivity contribution < 1.29 is 64.3 Å². The van der Waals surface area contributed by atoms with Crippen LogP contribution in [0.5, 0.6) is 0 Å². The van der Waals surface area contributed by atoms with Crippen LogP contribution in [0.4, 0.5) is 0 Å². The van der Waals surface area contributed by atoms with E-state index in [1.807, 2.05) is 0 Å². The van der Waals surface area contributed by atoms with Crippen LogP contribution in [0.3, 0.4) is 0 Å². The Morgan fingerprint density at radius 2 is 1.00 bits per heavy atom. The maximum absolute atomic E-state index is 0. The summed E-state index contributed by atoms with van der Waals surface area (Å²) in [5.74, 6) is 0. The zero-order valence-corrected chi connectivity index (χ0v) is 8.54. The summed E-state index contributed by atoms with van der Waals surface area (Å²) in [6, 6.07) is 0. The van der Waals surface area contributed by atoms with Crippen molar-refractivity contribution >= 4 is 0 Å². The Kier molecular flexibility index (Phi) is 176. The average Bonchev–Trinajstić information content (AvgIpc) is 0. The number of hydrogen-bond acceptors (Lipinski definition) is 0. The molecule has 0 aliphatic rings. The van der Waals surface area contributed by atoms with Gasteiger partial charge in [0.25, 0.3) is 0 Å². The molecule has 0 N–H and O–H groups in total. The largest absolute Gasteiger partial charge is 0.358 e. The summed E-state index contributed by atoms with van der Waals surface area (Å²) < 4.78 is 0. The summed E-state index contributed by atoms with van der Waals surface area (Å²) >= 11 is 0. The number of hydrogen-bond donors (Lipinski definition) is 0. The molecule has 0 spiro atoms. The van der Waals surface area contributed by atoms with Crippen molar-refractivity contribution in [2.45, 2.75) is 0 Å². The van der Waals surface area contributed by atoms with E-state index in [2.05, 4.69) is 0 Å². The van der Waals surface area contributed by atoms with Crippen molar-refractivity contribution in [2.75, 3.05) is 0 Å². The Balaban J connectivity index is 0. The van der Waals surface area contributed by atoms with E-state index >= 15 is 0 Å². The first kappa shape index (κ1) is 36.1. The molecule has 0 amide bonds. The molecule has 0 fully saturated rings. The quantitative estimate of drug-likeness (QED) is 0.438. The zero-order valence-electron chi connectivity index (χ0n) is 2.21. The summed E-state index contributed by atoms with van der Waals surface area (Å²) in [7, 11) is 0. The van der Waals surface area contributed by atoms with Crippen LogP contribution in [0.2, 0.25) is 0 Å². The topological polar surface area (TPSA) is 0 Å². The molecule has 0 rings (SSSR count). The van der Waals surface area contributed by atoms with Crippen LogP contribution < -0.4 is 0 Å². The molecule has 0 unspecified atom stereocenters. The Bertz CT molecular complexity index is 8.00. The van der Waals surface area contributed by atoms with Crippen LogP contribution in [-0.2, 0) is 64.3 Å². The molecule has 0 nitrogen and oxygen atoms in total. The third-order valence-electron chi connectivity index (χ3n) is 0. The van der Waals surface area contributed by atoms with Crippen LogP contribution in [0.25, 0.3) is 0 Å². The Morgan fingerprint density at radius 3 is 1.00 bits per heavy atom. The molecule has 0 aromatic carbocycles. The summed E-state index contributed by atoms with van der Waals surface area (Å²) in [6.45, 7) is 0. The Morgan fingerprint density at radius 1 is 1.00 bits per heavy atom. The van der Waals surface area contributed by atoms with E-state index in [0.29, 0.717) is 0 Å². The third-order valence-corrected chi connectivity index (χ3v) is 0. The Labute approximate surface area is 71.0 Å². The standard InChI is InChI=1S/CH3.Cu.W.Zr/h1H3;;;/q-1;;;. The first-order chi connectivity index (χ1) is 0. The van der Waals surface area contributed by atoms with E-state index in [4.69, 9.17) is 0 Å². The molecular formula is CH3CuWZr-. The van der Waals surface area contributed by atoms with Crippen molar-refractivity contribution in [3.8, 4) is 0 Å². The maximum atomic E-state index is 0. The molecule has 0 bridgehead atoms. The molecule has 0 saturated heterocycles. The van der Waals surface area contributed by atoms with Gasteiger partial charge in [0.1, 0.15) is 0 Å². The SMILES string of the molecule is [CH3-].[Cu].[W].[Zr]. The van der Waals surface area contributed by atoms with Crippen molar-refractivity contribution in [1.29, 1.82) is 0 Å². The molecule has 0 aromatic rings. The summed E-state index contributed by atoms with van der Waals surface area (Å²) in [6.07, 6.45) is 0.